The van der Waals surface area contributed by atoms with Gasteiger partial charge in [0.1, 0.15) is 6.04 Å². The highest BCUT2D eigenvalue weighted by Gasteiger charge is 2.33. The van der Waals surface area contributed by atoms with Gasteiger partial charge in [0, 0.05) is 38.4 Å². The van der Waals surface area contributed by atoms with Gasteiger partial charge >= 0.3 is 18.1 Å². The zero-order valence-electron chi connectivity index (χ0n) is 18.3. The fourth-order valence-corrected chi connectivity index (χ4v) is 2.83. The van der Waals surface area contributed by atoms with E-state index in [1.165, 1.54) is 19.0 Å². The number of urea groups is 1. The summed E-state index contributed by atoms with van der Waals surface area (Å²) >= 11 is 0. The molecule has 12 nitrogen and oxygen atoms in total. The molecule has 0 saturated carbocycles. The maximum Gasteiger partial charge on any atom is 0.435 e. The second-order valence-electron chi connectivity index (χ2n) is 7.06. The van der Waals surface area contributed by atoms with Crippen LogP contribution in [0.5, 0.6) is 0 Å². The quantitative estimate of drug-likeness (QED) is 0.170. The van der Waals surface area contributed by atoms with E-state index >= 15 is 0 Å². The lowest BCUT2D eigenvalue weighted by atomic mass is 10.2. The van der Waals surface area contributed by atoms with Crippen LogP contribution in [0.25, 0.3) is 0 Å². The number of nitrogens with one attached hydrogen (secondary N) is 2. The van der Waals surface area contributed by atoms with Gasteiger partial charge in [-0.2, -0.15) is 0 Å². The van der Waals surface area contributed by atoms with Crippen LogP contribution in [-0.4, -0.2) is 74.6 Å². The summed E-state index contributed by atoms with van der Waals surface area (Å²) in [5.41, 5.74) is 6.96. The van der Waals surface area contributed by atoms with Crippen molar-refractivity contribution >= 4 is 35.5 Å². The van der Waals surface area contributed by atoms with Crippen molar-refractivity contribution in [1.82, 2.24) is 15.5 Å². The number of amides is 4. The topological polar surface area (TPSA) is 156 Å². The van der Waals surface area contributed by atoms with Crippen molar-refractivity contribution in [2.24, 2.45) is 10.9 Å². The summed E-state index contributed by atoms with van der Waals surface area (Å²) < 4.78 is 4.78. The highest BCUT2D eigenvalue weighted by Crippen LogP contribution is 2.22. The van der Waals surface area contributed by atoms with Crippen LogP contribution < -0.4 is 21.3 Å². The summed E-state index contributed by atoms with van der Waals surface area (Å²) in [4.78, 5) is 54.8. The Kier molecular flexibility index (Phi) is 8.81. The summed E-state index contributed by atoms with van der Waals surface area (Å²) in [5, 5.41) is 8.74. The van der Waals surface area contributed by atoms with E-state index in [0.29, 0.717) is 24.2 Å². The largest absolute Gasteiger partial charge is 0.466 e. The van der Waals surface area contributed by atoms with Crippen LogP contribution in [0.2, 0.25) is 0 Å². The minimum Gasteiger partial charge on any atom is -0.466 e. The standard InChI is InChI=1S/C20H28N6O6/c1-4-31-16(27)9-11-22-19(29)23-15-10-12-26(18(15)28)14-7-5-13(6-8-14)17(21)24-32-20(30)25(2)3/h5-8,15H,4,9-12H2,1-3H3,(H2,21,24)(H2,22,23,29)/t15-/m0/s1. The van der Waals surface area contributed by atoms with Crippen LogP contribution >= 0.6 is 0 Å². The van der Waals surface area contributed by atoms with Crippen LogP contribution in [0.15, 0.2) is 29.4 Å². The summed E-state index contributed by atoms with van der Waals surface area (Å²) in [6.07, 6.45) is -0.162. The normalized spacial score (nSPS) is 15.8. The van der Waals surface area contributed by atoms with Gasteiger partial charge in [0.05, 0.1) is 13.0 Å². The molecule has 0 aromatic heterocycles. The Morgan fingerprint density at radius 1 is 1.25 bits per heavy atom. The molecule has 174 valence electrons. The Labute approximate surface area is 185 Å². The molecular weight excluding hydrogens is 420 g/mol. The predicted molar refractivity (Wildman–Crippen MR) is 116 cm³/mol. The zero-order valence-corrected chi connectivity index (χ0v) is 18.3. The monoisotopic (exact) mass is 448 g/mol. The van der Waals surface area contributed by atoms with Crippen molar-refractivity contribution in [3.8, 4) is 0 Å². The van der Waals surface area contributed by atoms with Gasteiger partial charge < -0.3 is 30.9 Å². The van der Waals surface area contributed by atoms with Crippen LogP contribution in [0.3, 0.4) is 0 Å². The first kappa shape index (κ1) is 24.4. The van der Waals surface area contributed by atoms with Gasteiger partial charge in [0.15, 0.2) is 5.84 Å². The number of hydrogen-bond acceptors (Lipinski definition) is 7. The number of rotatable bonds is 8. The van der Waals surface area contributed by atoms with Gasteiger partial charge in [-0.3, -0.25) is 14.4 Å². The van der Waals surface area contributed by atoms with Gasteiger partial charge in [-0.15, -0.1) is 0 Å². The van der Waals surface area contributed by atoms with Crippen molar-refractivity contribution in [3.63, 3.8) is 0 Å². The molecule has 0 spiro atoms. The number of amidine groups is 1. The van der Waals surface area contributed by atoms with Crippen molar-refractivity contribution in [3.05, 3.63) is 29.8 Å². The summed E-state index contributed by atoms with van der Waals surface area (Å²) in [5.74, 6) is -0.640. The number of esters is 1. The molecular formula is C20H28N6O6. The van der Waals surface area contributed by atoms with E-state index < -0.39 is 24.1 Å². The Balaban J connectivity index is 1.88. The molecule has 32 heavy (non-hydrogen) atoms. The van der Waals surface area contributed by atoms with Gasteiger partial charge in [-0.1, -0.05) is 5.16 Å². The van der Waals surface area contributed by atoms with Crippen LogP contribution in [0.4, 0.5) is 15.3 Å². The zero-order chi connectivity index (χ0) is 23.7. The van der Waals surface area contributed by atoms with Crippen molar-refractivity contribution in [2.75, 3.05) is 38.7 Å². The number of nitrogens with two attached hydrogens (primary N) is 1. The van der Waals surface area contributed by atoms with Gasteiger partial charge in [-0.05, 0) is 37.6 Å². The number of nitrogens with zero attached hydrogens (tertiary/aromatic N) is 3. The van der Waals surface area contributed by atoms with Crippen molar-refractivity contribution < 1.29 is 28.8 Å². The number of carbonyl (C=O) groups excluding carboxylic acids is 4. The highest BCUT2D eigenvalue weighted by atomic mass is 16.7. The number of benzene rings is 1. The van der Waals surface area contributed by atoms with E-state index in [1.54, 1.807) is 36.1 Å². The Bertz CT molecular complexity index is 870. The Morgan fingerprint density at radius 3 is 2.56 bits per heavy atom. The first-order valence-electron chi connectivity index (χ1n) is 10.1. The molecule has 1 heterocycles. The molecule has 1 aliphatic rings. The minimum absolute atomic E-state index is 0.0125. The molecule has 2 rings (SSSR count). The third kappa shape index (κ3) is 6.86. The van der Waals surface area contributed by atoms with E-state index in [-0.39, 0.29) is 31.3 Å². The SMILES string of the molecule is CCOC(=O)CCNC(=O)N[C@H]1CCN(c2ccc(C(N)=NOC(=O)N(C)C)cc2)C1=O. The molecule has 1 fully saturated rings. The number of oxime groups is 1. The molecule has 1 aliphatic heterocycles. The molecule has 4 N–H and O–H groups in total. The molecule has 1 atom stereocenters. The fourth-order valence-electron chi connectivity index (χ4n) is 2.83. The molecule has 12 heteroatoms. The summed E-state index contributed by atoms with van der Waals surface area (Å²) in [6.45, 7) is 2.52. The van der Waals surface area contributed by atoms with Gasteiger partial charge in [-0.25, -0.2) is 9.59 Å². The lowest BCUT2D eigenvalue weighted by Gasteiger charge is -2.18. The van der Waals surface area contributed by atoms with Crippen LogP contribution in [-0.2, 0) is 19.2 Å². The lowest BCUT2D eigenvalue weighted by Crippen LogP contribution is -2.46. The molecule has 0 radical (unpaired) electrons. The maximum absolute atomic E-state index is 12.7. The molecule has 1 saturated heterocycles. The molecule has 0 unspecified atom stereocenters. The third-order valence-corrected chi connectivity index (χ3v) is 4.49. The smallest absolute Gasteiger partial charge is 0.435 e. The average molecular weight is 448 g/mol. The molecule has 1 aromatic rings. The van der Waals surface area contributed by atoms with Crippen molar-refractivity contribution in [1.29, 1.82) is 0 Å². The van der Waals surface area contributed by atoms with E-state index in [2.05, 4.69) is 20.6 Å². The fraction of sp³-hybridized carbons (Fsp3) is 0.450. The molecule has 0 bridgehead atoms. The first-order chi connectivity index (χ1) is 15.2. The number of carbonyl (C=O) groups is 4. The predicted octanol–water partition coefficient (Wildman–Crippen LogP) is 0.363. The molecule has 1 aromatic carbocycles. The third-order valence-electron chi connectivity index (χ3n) is 4.49. The maximum atomic E-state index is 12.7. The number of ether oxygens (including phenoxy) is 1. The summed E-state index contributed by atoms with van der Waals surface area (Å²) in [6, 6.07) is 5.47. The first-order valence-corrected chi connectivity index (χ1v) is 10.1. The summed E-state index contributed by atoms with van der Waals surface area (Å²) in [7, 11) is 3.04. The second-order valence-corrected chi connectivity index (χ2v) is 7.06. The van der Waals surface area contributed by atoms with E-state index in [1.807, 2.05) is 0 Å². The van der Waals surface area contributed by atoms with E-state index in [9.17, 15) is 19.2 Å². The van der Waals surface area contributed by atoms with Gasteiger partial charge in [0.2, 0.25) is 5.91 Å². The van der Waals surface area contributed by atoms with Crippen LogP contribution in [0.1, 0.15) is 25.3 Å². The minimum atomic E-state index is -0.672. The molecule has 4 amide bonds. The Morgan fingerprint density at radius 2 is 1.94 bits per heavy atom. The van der Waals surface area contributed by atoms with Gasteiger partial charge in [0.25, 0.3) is 0 Å². The second kappa shape index (κ2) is 11.5. The molecule has 0 aliphatic carbocycles. The highest BCUT2D eigenvalue weighted by molar-refractivity contribution is 6.02. The van der Waals surface area contributed by atoms with Crippen LogP contribution in [0, 0.1) is 0 Å². The number of anilines is 1. The average Bonchev–Trinajstić information content (AvgIpc) is 3.11. The lowest BCUT2D eigenvalue weighted by molar-refractivity contribution is -0.142. The van der Waals surface area contributed by atoms with E-state index in [4.69, 9.17) is 10.5 Å². The Hall–Kier alpha value is -3.83. The van der Waals surface area contributed by atoms with E-state index in [0.717, 1.165) is 0 Å². The van der Waals surface area contributed by atoms with Crippen molar-refractivity contribution in [2.45, 2.75) is 25.8 Å². The number of hydrogen-bond donors (Lipinski definition) is 3.